The molecule has 2 N–H and O–H groups in total. The second-order valence-corrected chi connectivity index (χ2v) is 6.40. The summed E-state index contributed by atoms with van der Waals surface area (Å²) < 4.78 is 38.0. The first-order valence-corrected chi connectivity index (χ1v) is 8.57. The number of carbonyl (C=O) groups is 2. The number of aryl methyl sites for hydroxylation is 3. The van der Waals surface area contributed by atoms with Crippen molar-refractivity contribution in [3.63, 3.8) is 0 Å². The molecule has 154 valence electrons. The van der Waals surface area contributed by atoms with Gasteiger partial charge in [-0.25, -0.2) is 0 Å². The van der Waals surface area contributed by atoms with Gasteiger partial charge in [0.2, 0.25) is 0 Å². The summed E-state index contributed by atoms with van der Waals surface area (Å²) in [6.07, 6.45) is -3.78. The van der Waals surface area contributed by atoms with E-state index < -0.39 is 30.2 Å². The first-order chi connectivity index (χ1) is 13.6. The average Bonchev–Trinajstić information content (AvgIpc) is 2.61. The maximum atomic E-state index is 12.7. The summed E-state index contributed by atoms with van der Waals surface area (Å²) in [4.78, 5) is 28.4. The third-order valence-corrected chi connectivity index (χ3v) is 3.84. The lowest BCUT2D eigenvalue weighted by molar-refractivity contribution is -0.137. The van der Waals surface area contributed by atoms with Crippen LogP contribution >= 0.6 is 0 Å². The molecular formula is C20H20F3N3O3. The van der Waals surface area contributed by atoms with Crippen LogP contribution in [-0.4, -0.2) is 24.6 Å². The predicted octanol–water partition coefficient (Wildman–Crippen LogP) is 4.21. The maximum absolute atomic E-state index is 12.7. The standard InChI is InChI=1S/C20H20F3N3O3/c1-12-7-13(2)19(14(3)8-12)26-18(28)11-29-24-10-17(27)25-16-6-4-5-15(9-16)20(21,22)23/h4-10H,11H2,1-3H3,(H,25,27)(H,26,28)/b24-10+. The van der Waals surface area contributed by atoms with Crippen LogP contribution in [0.1, 0.15) is 22.3 Å². The third-order valence-electron chi connectivity index (χ3n) is 3.84. The summed E-state index contributed by atoms with van der Waals surface area (Å²) in [5.74, 6) is -1.26. The van der Waals surface area contributed by atoms with E-state index >= 15 is 0 Å². The molecule has 0 atom stereocenters. The molecule has 0 aliphatic carbocycles. The number of anilines is 2. The van der Waals surface area contributed by atoms with Crippen LogP contribution in [0.4, 0.5) is 24.5 Å². The van der Waals surface area contributed by atoms with E-state index in [1.54, 1.807) is 0 Å². The molecule has 2 rings (SSSR count). The van der Waals surface area contributed by atoms with E-state index in [-0.39, 0.29) is 5.69 Å². The fourth-order valence-corrected chi connectivity index (χ4v) is 2.68. The molecule has 0 saturated heterocycles. The number of hydrogen-bond donors (Lipinski definition) is 2. The van der Waals surface area contributed by atoms with Gasteiger partial charge in [-0.1, -0.05) is 28.9 Å². The normalized spacial score (nSPS) is 11.4. The molecule has 2 amide bonds. The lowest BCUT2D eigenvalue weighted by atomic mass is 10.1. The highest BCUT2D eigenvalue weighted by molar-refractivity contribution is 6.31. The van der Waals surface area contributed by atoms with Crippen molar-refractivity contribution in [1.82, 2.24) is 0 Å². The Morgan fingerprint density at radius 1 is 1.07 bits per heavy atom. The second-order valence-electron chi connectivity index (χ2n) is 6.40. The Bertz CT molecular complexity index is 917. The predicted molar refractivity (Wildman–Crippen MR) is 104 cm³/mol. The summed E-state index contributed by atoms with van der Waals surface area (Å²) in [7, 11) is 0. The number of nitrogens with one attached hydrogen (secondary N) is 2. The Balaban J connectivity index is 1.84. The summed E-state index contributed by atoms with van der Waals surface area (Å²) in [6.45, 7) is 5.26. The van der Waals surface area contributed by atoms with Crippen molar-refractivity contribution in [3.05, 3.63) is 58.7 Å². The maximum Gasteiger partial charge on any atom is 0.416 e. The molecule has 0 bridgehead atoms. The number of carbonyl (C=O) groups excluding carboxylic acids is 2. The van der Waals surface area contributed by atoms with Crippen LogP contribution in [0.3, 0.4) is 0 Å². The zero-order valence-corrected chi connectivity index (χ0v) is 16.1. The van der Waals surface area contributed by atoms with Crippen molar-refractivity contribution < 1.29 is 27.6 Å². The fraction of sp³-hybridized carbons (Fsp3) is 0.250. The molecule has 0 unspecified atom stereocenters. The molecule has 0 fully saturated rings. The largest absolute Gasteiger partial charge is 0.416 e. The van der Waals surface area contributed by atoms with Gasteiger partial charge < -0.3 is 15.5 Å². The molecule has 6 nitrogen and oxygen atoms in total. The van der Waals surface area contributed by atoms with Crippen molar-refractivity contribution >= 4 is 29.4 Å². The fourth-order valence-electron chi connectivity index (χ4n) is 2.68. The zero-order valence-electron chi connectivity index (χ0n) is 16.1. The summed E-state index contributed by atoms with van der Waals surface area (Å²) >= 11 is 0. The molecule has 0 aromatic heterocycles. The van der Waals surface area contributed by atoms with Crippen LogP contribution in [0.25, 0.3) is 0 Å². The second kappa shape index (κ2) is 9.22. The summed E-state index contributed by atoms with van der Waals surface area (Å²) in [6, 6.07) is 8.03. The van der Waals surface area contributed by atoms with Gasteiger partial charge >= 0.3 is 6.18 Å². The number of alkyl halides is 3. The van der Waals surface area contributed by atoms with Gasteiger partial charge in [0.05, 0.1) is 5.56 Å². The molecule has 9 heteroatoms. The molecule has 0 spiro atoms. The number of oxime groups is 1. The highest BCUT2D eigenvalue weighted by Crippen LogP contribution is 2.30. The van der Waals surface area contributed by atoms with Crippen LogP contribution in [0.15, 0.2) is 41.6 Å². The van der Waals surface area contributed by atoms with Gasteiger partial charge in [0.15, 0.2) is 6.61 Å². The van der Waals surface area contributed by atoms with E-state index in [1.807, 2.05) is 32.9 Å². The average molecular weight is 407 g/mol. The van der Waals surface area contributed by atoms with Gasteiger partial charge in [-0.3, -0.25) is 9.59 Å². The topological polar surface area (TPSA) is 79.8 Å². The molecule has 0 heterocycles. The molecule has 0 aliphatic heterocycles. The van der Waals surface area contributed by atoms with Crippen molar-refractivity contribution in [2.24, 2.45) is 5.16 Å². The van der Waals surface area contributed by atoms with Gasteiger partial charge in [0, 0.05) is 11.4 Å². The molecular weight excluding hydrogens is 387 g/mol. The lowest BCUT2D eigenvalue weighted by Crippen LogP contribution is -2.19. The SMILES string of the molecule is Cc1cc(C)c(NC(=O)CO/N=C/C(=O)Nc2cccc(C(F)(F)F)c2)c(C)c1. The van der Waals surface area contributed by atoms with Gasteiger partial charge in [0.25, 0.3) is 11.8 Å². The summed E-state index contributed by atoms with van der Waals surface area (Å²) in [5.41, 5.74) is 2.63. The first-order valence-electron chi connectivity index (χ1n) is 8.57. The first kappa shape index (κ1) is 21.9. The van der Waals surface area contributed by atoms with Crippen LogP contribution in [0, 0.1) is 20.8 Å². The van der Waals surface area contributed by atoms with Gasteiger partial charge in [-0.15, -0.1) is 0 Å². The molecule has 0 saturated carbocycles. The molecule has 0 aliphatic rings. The van der Waals surface area contributed by atoms with Crippen LogP contribution < -0.4 is 10.6 Å². The van der Waals surface area contributed by atoms with E-state index in [0.29, 0.717) is 5.69 Å². The van der Waals surface area contributed by atoms with Crippen LogP contribution in [0.2, 0.25) is 0 Å². The minimum Gasteiger partial charge on any atom is -0.385 e. The monoisotopic (exact) mass is 407 g/mol. The number of rotatable bonds is 6. The Hall–Kier alpha value is -3.36. The van der Waals surface area contributed by atoms with Gasteiger partial charge in [-0.05, 0) is 50.1 Å². The van der Waals surface area contributed by atoms with Gasteiger partial charge in [0.1, 0.15) is 6.21 Å². The van der Waals surface area contributed by atoms with E-state index in [1.165, 1.54) is 12.1 Å². The van der Waals surface area contributed by atoms with Crippen molar-refractivity contribution in [3.8, 4) is 0 Å². The molecule has 29 heavy (non-hydrogen) atoms. The number of benzene rings is 2. The van der Waals surface area contributed by atoms with Crippen molar-refractivity contribution in [2.75, 3.05) is 17.2 Å². The van der Waals surface area contributed by atoms with Crippen LogP contribution in [0.5, 0.6) is 0 Å². The minimum atomic E-state index is -4.51. The number of hydrogen-bond acceptors (Lipinski definition) is 4. The Labute approximate surface area is 165 Å². The quantitative estimate of drug-likeness (QED) is 0.556. The Kier molecular flexibility index (Phi) is 6.98. The smallest absolute Gasteiger partial charge is 0.385 e. The molecule has 2 aromatic rings. The molecule has 2 aromatic carbocycles. The van der Waals surface area contributed by atoms with E-state index in [4.69, 9.17) is 4.84 Å². The number of amides is 2. The highest BCUT2D eigenvalue weighted by atomic mass is 19.4. The highest BCUT2D eigenvalue weighted by Gasteiger charge is 2.30. The van der Waals surface area contributed by atoms with E-state index in [9.17, 15) is 22.8 Å². The summed E-state index contributed by atoms with van der Waals surface area (Å²) in [5, 5.41) is 8.30. The Morgan fingerprint density at radius 2 is 1.72 bits per heavy atom. The Morgan fingerprint density at radius 3 is 2.34 bits per heavy atom. The van der Waals surface area contributed by atoms with Crippen molar-refractivity contribution in [1.29, 1.82) is 0 Å². The lowest BCUT2D eigenvalue weighted by Gasteiger charge is -2.12. The molecule has 0 radical (unpaired) electrons. The van der Waals surface area contributed by atoms with Crippen molar-refractivity contribution in [2.45, 2.75) is 26.9 Å². The number of halogens is 3. The zero-order chi connectivity index (χ0) is 21.6. The van der Waals surface area contributed by atoms with E-state index in [0.717, 1.165) is 35.0 Å². The third kappa shape index (κ3) is 6.63. The van der Waals surface area contributed by atoms with Gasteiger partial charge in [-0.2, -0.15) is 13.2 Å². The van der Waals surface area contributed by atoms with Crippen LogP contribution in [-0.2, 0) is 20.6 Å². The number of nitrogens with zero attached hydrogens (tertiary/aromatic N) is 1. The van der Waals surface area contributed by atoms with E-state index in [2.05, 4.69) is 15.8 Å². The minimum absolute atomic E-state index is 0.0423.